The fourth-order valence-electron chi connectivity index (χ4n) is 4.52. The summed E-state index contributed by atoms with van der Waals surface area (Å²) in [5.74, 6) is -2.71. The van der Waals surface area contributed by atoms with E-state index < -0.39 is 23.5 Å². The van der Waals surface area contributed by atoms with E-state index in [2.05, 4.69) is 13.2 Å². The first-order valence-corrected chi connectivity index (χ1v) is 12.8. The highest BCUT2D eigenvalue weighted by atomic mass is 19.1. The van der Waals surface area contributed by atoms with Crippen LogP contribution >= 0.6 is 0 Å². The van der Waals surface area contributed by atoms with E-state index in [1.165, 1.54) is 19.9 Å². The van der Waals surface area contributed by atoms with Crippen LogP contribution in [0.3, 0.4) is 0 Å². The topological polar surface area (TPSA) is 79.3 Å². The molecule has 1 amide bonds. The second-order valence-corrected chi connectivity index (χ2v) is 9.81. The van der Waals surface area contributed by atoms with Crippen molar-refractivity contribution >= 4 is 11.9 Å². The van der Waals surface area contributed by atoms with Crippen LogP contribution in [0.4, 0.5) is 4.39 Å². The van der Waals surface area contributed by atoms with Crippen LogP contribution < -0.4 is 4.74 Å². The lowest BCUT2D eigenvalue weighted by atomic mass is 9.94. The molecule has 1 aliphatic rings. The van der Waals surface area contributed by atoms with E-state index in [0.717, 1.165) is 17.7 Å². The summed E-state index contributed by atoms with van der Waals surface area (Å²) in [6, 6.07) is 7.64. The third kappa shape index (κ3) is 9.69. The second kappa shape index (κ2) is 14.0. The van der Waals surface area contributed by atoms with Crippen LogP contribution in [-0.2, 0) is 20.7 Å². The average molecular weight is 517 g/mol. The van der Waals surface area contributed by atoms with Gasteiger partial charge < -0.3 is 24.4 Å². The minimum atomic E-state index is -1.62. The minimum Gasteiger partial charge on any atom is -0.494 e. The Kier molecular flexibility index (Phi) is 11.4. The summed E-state index contributed by atoms with van der Waals surface area (Å²) < 4.78 is 24.5. The lowest BCUT2D eigenvalue weighted by Gasteiger charge is -2.42. The van der Waals surface area contributed by atoms with Gasteiger partial charge in [0, 0.05) is 45.4 Å². The molecule has 1 saturated heterocycles. The Morgan fingerprint density at radius 3 is 2.49 bits per heavy atom. The number of rotatable bonds is 13. The summed E-state index contributed by atoms with van der Waals surface area (Å²) in [7, 11) is 0. The van der Waals surface area contributed by atoms with Gasteiger partial charge in [-0.3, -0.25) is 9.59 Å². The smallest absolute Gasteiger partial charge is 0.309 e. The van der Waals surface area contributed by atoms with Gasteiger partial charge in [-0.05, 0) is 56.9 Å². The molecule has 0 spiro atoms. The van der Waals surface area contributed by atoms with E-state index in [9.17, 15) is 19.1 Å². The molecule has 8 heteroatoms. The van der Waals surface area contributed by atoms with Crippen LogP contribution in [0.15, 0.2) is 61.1 Å². The number of piperazine rings is 1. The van der Waals surface area contributed by atoms with Gasteiger partial charge in [0.15, 0.2) is 0 Å². The molecule has 0 unspecified atom stereocenters. The average Bonchev–Trinajstić information content (AvgIpc) is 2.81. The summed E-state index contributed by atoms with van der Waals surface area (Å²) in [5, 5.41) is 9.88. The van der Waals surface area contributed by atoms with Crippen molar-refractivity contribution in [1.82, 2.24) is 9.80 Å². The first-order chi connectivity index (χ1) is 17.4. The number of ether oxygens (including phenoxy) is 2. The zero-order valence-electron chi connectivity index (χ0n) is 22.5. The van der Waals surface area contributed by atoms with E-state index in [-0.39, 0.29) is 18.4 Å². The van der Waals surface area contributed by atoms with Gasteiger partial charge in [-0.1, -0.05) is 31.4 Å². The van der Waals surface area contributed by atoms with Crippen molar-refractivity contribution in [2.24, 2.45) is 5.92 Å². The summed E-state index contributed by atoms with van der Waals surface area (Å²) in [6.07, 6.45) is 4.89. The Morgan fingerprint density at radius 1 is 1.27 bits per heavy atom. The number of amides is 1. The second-order valence-electron chi connectivity index (χ2n) is 9.81. The van der Waals surface area contributed by atoms with E-state index in [0.29, 0.717) is 44.8 Å². The van der Waals surface area contributed by atoms with Crippen molar-refractivity contribution in [2.45, 2.75) is 65.2 Å². The molecule has 0 bridgehead atoms. The lowest BCUT2D eigenvalue weighted by molar-refractivity contribution is -0.196. The Hall–Kier alpha value is -3.13. The number of allylic oxidation sites excluding steroid dienone is 3. The number of esters is 1. The molecule has 0 saturated carbocycles. The van der Waals surface area contributed by atoms with Gasteiger partial charge >= 0.3 is 5.97 Å². The zero-order valence-corrected chi connectivity index (χ0v) is 22.5. The van der Waals surface area contributed by atoms with Crippen molar-refractivity contribution in [1.29, 1.82) is 0 Å². The van der Waals surface area contributed by atoms with Crippen LogP contribution in [0.25, 0.3) is 0 Å². The number of carbonyl (C=O) groups is 2. The Bertz CT molecular complexity index is 968. The molecule has 204 valence electrons. The number of halogens is 1. The van der Waals surface area contributed by atoms with Gasteiger partial charge in [0.25, 0.3) is 0 Å². The SMILES string of the molecule is C=C/C=C(\C(=C)F)N1CCN(C(=O)[C@@H](CCCc2ccc(OCC)cc2)CC(=O)OC(C)(C)O)[C@H](C)C1. The number of carbonyl (C=O) groups excluding carboxylic acids is 2. The molecule has 1 aliphatic heterocycles. The summed E-state index contributed by atoms with van der Waals surface area (Å²) in [4.78, 5) is 29.7. The maximum Gasteiger partial charge on any atom is 0.309 e. The van der Waals surface area contributed by atoms with Crippen molar-refractivity contribution in [3.63, 3.8) is 0 Å². The van der Waals surface area contributed by atoms with Gasteiger partial charge in [0.1, 0.15) is 11.6 Å². The largest absolute Gasteiger partial charge is 0.494 e. The molecule has 1 N–H and O–H groups in total. The molecule has 7 nitrogen and oxygen atoms in total. The first-order valence-electron chi connectivity index (χ1n) is 12.8. The molecule has 1 aromatic rings. The maximum absolute atomic E-state index is 14.0. The highest BCUT2D eigenvalue weighted by Gasteiger charge is 2.34. The summed E-state index contributed by atoms with van der Waals surface area (Å²) >= 11 is 0. The predicted octanol–water partition coefficient (Wildman–Crippen LogP) is 4.77. The molecule has 0 aromatic heterocycles. The fourth-order valence-corrected chi connectivity index (χ4v) is 4.52. The van der Waals surface area contributed by atoms with Gasteiger partial charge in [0.2, 0.25) is 11.7 Å². The Labute approximate surface area is 220 Å². The summed E-state index contributed by atoms with van der Waals surface area (Å²) in [5.41, 5.74) is 1.47. The number of aliphatic hydroxyl groups is 1. The highest BCUT2D eigenvalue weighted by molar-refractivity contribution is 5.84. The molecule has 1 fully saturated rings. The predicted molar refractivity (Wildman–Crippen MR) is 142 cm³/mol. The summed E-state index contributed by atoms with van der Waals surface area (Å²) in [6.45, 7) is 15.5. The number of hydrogen-bond donors (Lipinski definition) is 1. The van der Waals surface area contributed by atoms with Crippen LogP contribution in [-0.4, -0.2) is 64.9 Å². The molecular formula is C29H41FN2O5. The van der Waals surface area contributed by atoms with E-state index in [1.54, 1.807) is 11.0 Å². The normalized spacial score (nSPS) is 17.2. The molecule has 37 heavy (non-hydrogen) atoms. The van der Waals surface area contributed by atoms with E-state index in [1.807, 2.05) is 43.0 Å². The first kappa shape index (κ1) is 30.1. The zero-order chi connectivity index (χ0) is 27.6. The fraction of sp³-hybridized carbons (Fsp3) is 0.517. The van der Waals surface area contributed by atoms with Crippen LogP contribution in [0, 0.1) is 5.92 Å². The van der Waals surface area contributed by atoms with Crippen molar-refractivity contribution in [2.75, 3.05) is 26.2 Å². The lowest BCUT2D eigenvalue weighted by Crippen LogP contribution is -2.55. The third-order valence-corrected chi connectivity index (χ3v) is 6.18. The molecule has 1 heterocycles. The third-order valence-electron chi connectivity index (χ3n) is 6.18. The number of benzene rings is 1. The number of aryl methyl sites for hydroxylation is 1. The number of hydrogen-bond acceptors (Lipinski definition) is 6. The van der Waals surface area contributed by atoms with Gasteiger partial charge in [-0.25, -0.2) is 4.39 Å². The molecular weight excluding hydrogens is 475 g/mol. The highest BCUT2D eigenvalue weighted by Crippen LogP contribution is 2.25. The molecule has 1 aromatic carbocycles. The van der Waals surface area contributed by atoms with E-state index >= 15 is 0 Å². The van der Waals surface area contributed by atoms with Gasteiger partial charge in [0.05, 0.1) is 18.7 Å². The number of nitrogens with zero attached hydrogens (tertiary/aromatic N) is 2. The van der Waals surface area contributed by atoms with Crippen molar-refractivity contribution in [3.05, 3.63) is 66.7 Å². The van der Waals surface area contributed by atoms with Gasteiger partial charge in [-0.2, -0.15) is 0 Å². The van der Waals surface area contributed by atoms with Crippen LogP contribution in [0.1, 0.15) is 52.5 Å². The Morgan fingerprint density at radius 2 is 1.95 bits per heavy atom. The van der Waals surface area contributed by atoms with Crippen molar-refractivity contribution in [3.8, 4) is 5.75 Å². The quantitative estimate of drug-likeness (QED) is 0.231. The molecule has 2 rings (SSSR count). The minimum absolute atomic E-state index is 0.123. The van der Waals surface area contributed by atoms with Crippen LogP contribution in [0.5, 0.6) is 5.75 Å². The molecule has 2 atom stereocenters. The van der Waals surface area contributed by atoms with E-state index in [4.69, 9.17) is 9.47 Å². The van der Waals surface area contributed by atoms with Gasteiger partial charge in [-0.15, -0.1) is 0 Å². The monoisotopic (exact) mass is 516 g/mol. The van der Waals surface area contributed by atoms with Crippen molar-refractivity contribution < 1.29 is 28.6 Å². The standard InChI is InChI=1S/C29H41FN2O5/c1-7-10-26(22(4)30)31-17-18-32(21(3)20-31)28(34)24(19-27(33)37-29(5,6)35)12-9-11-23-13-15-25(16-14-23)36-8-2/h7,10,13-16,21,24,35H,1,4,8-9,11-12,17-20H2,2-3,5-6H3/b26-10+/t21-,24+/m1/s1. The van der Waals surface area contributed by atoms with Crippen LogP contribution in [0.2, 0.25) is 0 Å². The molecule has 0 aliphatic carbocycles. The maximum atomic E-state index is 14.0. The molecule has 0 radical (unpaired) electrons. The Balaban J connectivity index is 2.09.